The van der Waals surface area contributed by atoms with Crippen LogP contribution in [0, 0.1) is 11.6 Å². The van der Waals surface area contributed by atoms with Crippen molar-refractivity contribution in [3.63, 3.8) is 0 Å². The highest BCUT2D eigenvalue weighted by Crippen LogP contribution is 2.21. The Morgan fingerprint density at radius 1 is 1.18 bits per heavy atom. The van der Waals surface area contributed by atoms with Gasteiger partial charge in [0.05, 0.1) is 4.47 Å². The van der Waals surface area contributed by atoms with Crippen LogP contribution in [0.3, 0.4) is 0 Å². The normalized spacial score (nSPS) is 15.1. The van der Waals surface area contributed by atoms with Crippen LogP contribution in [0.5, 0.6) is 0 Å². The monoisotopic (exact) mass is 564 g/mol. The van der Waals surface area contributed by atoms with Gasteiger partial charge in [-0.1, -0.05) is 12.1 Å². The smallest absolute Gasteiger partial charge is 0.191 e. The Labute approximate surface area is 189 Å². The van der Waals surface area contributed by atoms with E-state index in [1.807, 2.05) is 12.1 Å². The molecule has 2 N–H and O–H groups in total. The summed E-state index contributed by atoms with van der Waals surface area (Å²) < 4.78 is 27.5. The first kappa shape index (κ1) is 22.9. The molecule has 0 bridgehead atoms. The van der Waals surface area contributed by atoms with Crippen LogP contribution in [0.2, 0.25) is 0 Å². The second-order valence-corrected chi connectivity index (χ2v) is 7.41. The molecule has 3 rings (SSSR count). The van der Waals surface area contributed by atoms with E-state index in [1.165, 1.54) is 12.1 Å². The highest BCUT2D eigenvalue weighted by Gasteiger charge is 2.20. The van der Waals surface area contributed by atoms with Crippen LogP contribution < -0.4 is 15.5 Å². The van der Waals surface area contributed by atoms with E-state index in [1.54, 1.807) is 25.2 Å². The molecule has 0 aliphatic carbocycles. The molecular weight excluding hydrogens is 541 g/mol. The lowest BCUT2D eigenvalue weighted by Gasteiger charge is -2.34. The molecule has 0 radical (unpaired) electrons. The first-order chi connectivity index (χ1) is 13.0. The fourth-order valence-corrected chi connectivity index (χ4v) is 3.42. The van der Waals surface area contributed by atoms with E-state index >= 15 is 0 Å². The highest BCUT2D eigenvalue weighted by atomic mass is 127. The van der Waals surface area contributed by atoms with Crippen molar-refractivity contribution in [2.75, 3.05) is 25.0 Å². The lowest BCUT2D eigenvalue weighted by molar-refractivity contribution is 0.461. The lowest BCUT2D eigenvalue weighted by Crippen LogP contribution is -2.48. The summed E-state index contributed by atoms with van der Waals surface area (Å²) >= 11 is 3.16. The van der Waals surface area contributed by atoms with E-state index < -0.39 is 0 Å². The molecule has 0 amide bonds. The van der Waals surface area contributed by atoms with Crippen LogP contribution >= 0.6 is 39.9 Å². The molecule has 0 spiro atoms. The molecule has 0 atom stereocenters. The van der Waals surface area contributed by atoms with Gasteiger partial charge in [0.25, 0.3) is 0 Å². The first-order valence-electron chi connectivity index (χ1n) is 8.97. The van der Waals surface area contributed by atoms with Crippen molar-refractivity contribution < 1.29 is 8.78 Å². The van der Waals surface area contributed by atoms with Crippen LogP contribution in [-0.4, -0.2) is 32.1 Å². The zero-order valence-corrected chi connectivity index (χ0v) is 19.5. The van der Waals surface area contributed by atoms with Gasteiger partial charge in [0.1, 0.15) is 11.6 Å². The number of nitrogens with zero attached hydrogens (tertiary/aromatic N) is 2. The Kier molecular flexibility index (Phi) is 8.94. The van der Waals surface area contributed by atoms with E-state index in [-0.39, 0.29) is 35.6 Å². The molecule has 1 heterocycles. The summed E-state index contributed by atoms with van der Waals surface area (Å²) in [6.45, 7) is 2.21. The van der Waals surface area contributed by atoms with Gasteiger partial charge >= 0.3 is 0 Å². The molecule has 8 heteroatoms. The number of rotatable bonds is 4. The fraction of sp³-hybridized carbons (Fsp3) is 0.350. The molecule has 1 saturated heterocycles. The fourth-order valence-electron chi connectivity index (χ4n) is 3.18. The molecule has 4 nitrogen and oxygen atoms in total. The number of hydrogen-bond donors (Lipinski definition) is 2. The van der Waals surface area contributed by atoms with Gasteiger partial charge in [-0.15, -0.1) is 24.0 Å². The van der Waals surface area contributed by atoms with Gasteiger partial charge < -0.3 is 15.5 Å². The van der Waals surface area contributed by atoms with E-state index in [0.717, 1.165) is 37.2 Å². The lowest BCUT2D eigenvalue weighted by atomic mass is 10.0. The Balaban J connectivity index is 0.00000280. The van der Waals surface area contributed by atoms with Crippen molar-refractivity contribution in [3.8, 4) is 0 Å². The molecule has 152 valence electrons. The second kappa shape index (κ2) is 10.9. The summed E-state index contributed by atoms with van der Waals surface area (Å²) in [4.78, 5) is 6.45. The van der Waals surface area contributed by atoms with E-state index in [9.17, 15) is 8.78 Å². The van der Waals surface area contributed by atoms with Crippen LogP contribution in [0.25, 0.3) is 0 Å². The molecule has 2 aromatic rings. The van der Waals surface area contributed by atoms with Crippen molar-refractivity contribution >= 4 is 51.6 Å². The summed E-state index contributed by atoms with van der Waals surface area (Å²) in [5.41, 5.74) is 1.77. The molecule has 0 saturated carbocycles. The quantitative estimate of drug-likeness (QED) is 0.322. The number of aliphatic imine (C=N–C) groups is 1. The van der Waals surface area contributed by atoms with Gasteiger partial charge in [0.15, 0.2) is 5.96 Å². The van der Waals surface area contributed by atoms with Crippen molar-refractivity contribution in [1.29, 1.82) is 0 Å². The van der Waals surface area contributed by atoms with Gasteiger partial charge in [-0.2, -0.15) is 0 Å². The average molecular weight is 565 g/mol. The van der Waals surface area contributed by atoms with Crippen LogP contribution in [0.1, 0.15) is 18.4 Å². The maximum Gasteiger partial charge on any atom is 0.191 e. The van der Waals surface area contributed by atoms with Crippen molar-refractivity contribution in [2.24, 2.45) is 4.99 Å². The number of nitrogens with one attached hydrogen (secondary N) is 2. The topological polar surface area (TPSA) is 39.7 Å². The van der Waals surface area contributed by atoms with Gasteiger partial charge in [-0.3, -0.25) is 4.99 Å². The average Bonchev–Trinajstić information content (AvgIpc) is 2.68. The number of halogens is 4. The molecule has 1 aliphatic heterocycles. The minimum atomic E-state index is -0.276. The Hall–Kier alpha value is -1.42. The number of piperidine rings is 1. The van der Waals surface area contributed by atoms with Crippen LogP contribution in [0.4, 0.5) is 14.5 Å². The van der Waals surface area contributed by atoms with Crippen molar-refractivity contribution in [3.05, 3.63) is 64.1 Å². The summed E-state index contributed by atoms with van der Waals surface area (Å²) in [5, 5.41) is 6.64. The van der Waals surface area contributed by atoms with E-state index in [2.05, 4.69) is 36.5 Å². The third-order valence-corrected chi connectivity index (χ3v) is 5.32. The van der Waals surface area contributed by atoms with Crippen molar-refractivity contribution in [2.45, 2.75) is 25.4 Å². The van der Waals surface area contributed by atoms with E-state index in [0.29, 0.717) is 23.0 Å². The van der Waals surface area contributed by atoms with Gasteiger partial charge in [0, 0.05) is 38.4 Å². The standard InChI is InChI=1S/C20H23BrF2N4.HI/c1-24-20(25-13-14-5-6-18(21)19(23)11-14)26-16-7-9-27(10-8-16)17-4-2-3-15(22)12-17;/h2-6,11-12,16H,7-10,13H2,1H3,(H2,24,25,26);1H. The number of benzene rings is 2. The van der Waals surface area contributed by atoms with Crippen LogP contribution in [-0.2, 0) is 6.54 Å². The first-order valence-corrected chi connectivity index (χ1v) is 9.76. The largest absolute Gasteiger partial charge is 0.371 e. The number of anilines is 1. The minimum absolute atomic E-state index is 0. The molecule has 1 aliphatic rings. The predicted molar refractivity (Wildman–Crippen MR) is 124 cm³/mol. The van der Waals surface area contributed by atoms with Crippen LogP contribution in [0.15, 0.2) is 51.9 Å². The van der Waals surface area contributed by atoms with Crippen molar-refractivity contribution in [1.82, 2.24) is 10.6 Å². The highest BCUT2D eigenvalue weighted by molar-refractivity contribution is 14.0. The summed E-state index contributed by atoms with van der Waals surface area (Å²) in [6.07, 6.45) is 1.87. The molecule has 0 aromatic heterocycles. The zero-order chi connectivity index (χ0) is 19.2. The second-order valence-electron chi connectivity index (χ2n) is 6.56. The maximum absolute atomic E-state index is 13.6. The summed E-state index contributed by atoms with van der Waals surface area (Å²) in [7, 11) is 1.72. The van der Waals surface area contributed by atoms with Gasteiger partial charge in [-0.05, 0) is 64.7 Å². The third-order valence-electron chi connectivity index (χ3n) is 4.68. The zero-order valence-electron chi connectivity index (χ0n) is 15.6. The number of guanidine groups is 1. The molecule has 0 unspecified atom stereocenters. The maximum atomic E-state index is 13.6. The van der Waals surface area contributed by atoms with E-state index in [4.69, 9.17) is 0 Å². The van der Waals surface area contributed by atoms with Gasteiger partial charge in [0.2, 0.25) is 0 Å². The Bertz CT molecular complexity index is 811. The molecule has 2 aromatic carbocycles. The minimum Gasteiger partial charge on any atom is -0.371 e. The molecular formula is C20H24BrF2IN4. The summed E-state index contributed by atoms with van der Waals surface area (Å²) in [6, 6.07) is 12.1. The Morgan fingerprint density at radius 2 is 1.93 bits per heavy atom. The third kappa shape index (κ3) is 6.30. The SMILES string of the molecule is CN=C(NCc1ccc(Br)c(F)c1)NC1CCN(c2cccc(F)c2)CC1.I. The Morgan fingerprint density at radius 3 is 2.57 bits per heavy atom. The number of hydrogen-bond acceptors (Lipinski definition) is 2. The summed E-state index contributed by atoms with van der Waals surface area (Å²) in [5.74, 6) is 0.214. The molecule has 28 heavy (non-hydrogen) atoms. The van der Waals surface area contributed by atoms with Gasteiger partial charge in [-0.25, -0.2) is 8.78 Å². The predicted octanol–water partition coefficient (Wildman–Crippen LogP) is 4.68. The molecule has 1 fully saturated rings.